The molecule has 1 fully saturated rings. The second-order valence-electron chi connectivity index (χ2n) is 4.85. The van der Waals surface area contributed by atoms with Crippen molar-refractivity contribution in [3.63, 3.8) is 0 Å². The molecule has 1 aliphatic rings. The first-order valence-electron chi connectivity index (χ1n) is 6.53. The molecule has 0 spiro atoms. The highest BCUT2D eigenvalue weighted by Gasteiger charge is 2.57. The average Bonchev–Trinajstić information content (AvgIpc) is 3.12. The maximum Gasteiger partial charge on any atom is 0.321 e. The minimum absolute atomic E-state index is 0.257. The Morgan fingerprint density at radius 3 is 2.90 bits per heavy atom. The van der Waals surface area contributed by atoms with E-state index in [1.165, 1.54) is 12.1 Å². The van der Waals surface area contributed by atoms with E-state index in [0.717, 1.165) is 0 Å². The van der Waals surface area contributed by atoms with Gasteiger partial charge in [-0.15, -0.1) is 0 Å². The van der Waals surface area contributed by atoms with Crippen LogP contribution in [0.1, 0.15) is 25.7 Å². The first kappa shape index (κ1) is 14.2. The zero-order valence-electron chi connectivity index (χ0n) is 11.2. The Kier molecular flexibility index (Phi) is 3.52. The molecule has 1 heterocycles. The van der Waals surface area contributed by atoms with Crippen LogP contribution in [-0.2, 0) is 14.9 Å². The average molecular weight is 355 g/mol. The fraction of sp³-hybridized carbons (Fsp3) is 0.357. The summed E-state index contributed by atoms with van der Waals surface area (Å²) >= 11 is 3.26. The maximum atomic E-state index is 13.1. The Morgan fingerprint density at radius 2 is 2.29 bits per heavy atom. The molecule has 1 aromatic heterocycles. The third kappa shape index (κ3) is 2.46. The van der Waals surface area contributed by atoms with Crippen LogP contribution in [0.3, 0.4) is 0 Å². The lowest BCUT2D eigenvalue weighted by Gasteiger charge is -2.08. The van der Waals surface area contributed by atoms with E-state index in [1.54, 1.807) is 13.0 Å². The summed E-state index contributed by atoms with van der Waals surface area (Å²) in [5.41, 5.74) is -0.195. The van der Waals surface area contributed by atoms with E-state index in [4.69, 9.17) is 9.26 Å². The lowest BCUT2D eigenvalue weighted by molar-refractivity contribution is -0.146. The van der Waals surface area contributed by atoms with E-state index in [2.05, 4.69) is 26.1 Å². The molecule has 0 aliphatic heterocycles. The van der Waals surface area contributed by atoms with E-state index in [-0.39, 0.29) is 17.7 Å². The van der Waals surface area contributed by atoms with Gasteiger partial charge in [-0.25, -0.2) is 4.39 Å². The van der Waals surface area contributed by atoms with Gasteiger partial charge in [-0.3, -0.25) is 4.79 Å². The summed E-state index contributed by atoms with van der Waals surface area (Å²) in [6, 6.07) is 4.19. The van der Waals surface area contributed by atoms with E-state index in [9.17, 15) is 9.18 Å². The fourth-order valence-corrected chi connectivity index (χ4v) is 2.63. The lowest BCUT2D eigenvalue weighted by atomic mass is 10.1. The Morgan fingerprint density at radius 1 is 1.52 bits per heavy atom. The second kappa shape index (κ2) is 5.22. The second-order valence-corrected chi connectivity index (χ2v) is 5.70. The first-order valence-corrected chi connectivity index (χ1v) is 7.33. The van der Waals surface area contributed by atoms with E-state index < -0.39 is 5.41 Å². The summed E-state index contributed by atoms with van der Waals surface area (Å²) < 4.78 is 23.9. The van der Waals surface area contributed by atoms with Crippen LogP contribution in [0.25, 0.3) is 11.4 Å². The highest BCUT2D eigenvalue weighted by Crippen LogP contribution is 2.49. The van der Waals surface area contributed by atoms with Crippen molar-refractivity contribution in [3.05, 3.63) is 34.4 Å². The number of ether oxygens (including phenoxy) is 1. The molecule has 0 radical (unpaired) electrons. The van der Waals surface area contributed by atoms with Gasteiger partial charge in [-0.1, -0.05) is 5.16 Å². The van der Waals surface area contributed by atoms with Crippen LogP contribution in [0, 0.1) is 5.82 Å². The monoisotopic (exact) mass is 354 g/mol. The Hall–Kier alpha value is -1.76. The van der Waals surface area contributed by atoms with Gasteiger partial charge in [0.2, 0.25) is 11.7 Å². The molecule has 0 amide bonds. The van der Waals surface area contributed by atoms with Crippen molar-refractivity contribution in [1.29, 1.82) is 0 Å². The summed E-state index contributed by atoms with van der Waals surface area (Å²) in [5.74, 6) is -0.127. The quantitative estimate of drug-likeness (QED) is 0.788. The molecule has 3 rings (SSSR count). The van der Waals surface area contributed by atoms with Crippen molar-refractivity contribution in [2.45, 2.75) is 25.2 Å². The van der Waals surface area contributed by atoms with Crippen LogP contribution in [0.2, 0.25) is 0 Å². The number of carbonyl (C=O) groups is 1. The number of halogens is 2. The summed E-state index contributed by atoms with van der Waals surface area (Å²) in [5, 5.41) is 3.88. The van der Waals surface area contributed by atoms with Crippen molar-refractivity contribution in [2.75, 3.05) is 6.61 Å². The minimum atomic E-state index is -0.798. The lowest BCUT2D eigenvalue weighted by Crippen LogP contribution is -2.23. The van der Waals surface area contributed by atoms with Gasteiger partial charge in [-0.05, 0) is 53.9 Å². The van der Waals surface area contributed by atoms with Gasteiger partial charge >= 0.3 is 5.97 Å². The third-order valence-electron chi connectivity index (χ3n) is 3.42. The molecular formula is C14H12BrFN2O3. The Bertz CT molecular complexity index is 697. The van der Waals surface area contributed by atoms with Crippen molar-refractivity contribution >= 4 is 21.9 Å². The maximum absolute atomic E-state index is 13.1. The molecule has 1 saturated carbocycles. The summed E-state index contributed by atoms with van der Waals surface area (Å²) in [6.45, 7) is 2.06. The van der Waals surface area contributed by atoms with Crippen molar-refractivity contribution in [2.24, 2.45) is 0 Å². The Labute approximate surface area is 128 Å². The van der Waals surface area contributed by atoms with E-state index >= 15 is 0 Å². The number of hydrogen-bond donors (Lipinski definition) is 0. The predicted octanol–water partition coefficient (Wildman–Crippen LogP) is 3.23. The first-order chi connectivity index (χ1) is 10.1. The summed E-state index contributed by atoms with van der Waals surface area (Å²) in [6.07, 6.45) is 1.27. The van der Waals surface area contributed by atoms with Crippen LogP contribution >= 0.6 is 15.9 Å². The SMILES string of the molecule is CCOC(=O)C1(c2nc(-c3ccc(F)cc3Br)no2)CC1. The largest absolute Gasteiger partial charge is 0.465 e. The molecule has 1 aromatic carbocycles. The van der Waals surface area contributed by atoms with E-state index in [0.29, 0.717) is 35.3 Å². The van der Waals surface area contributed by atoms with E-state index in [1.807, 2.05) is 0 Å². The molecular weight excluding hydrogens is 343 g/mol. The van der Waals surface area contributed by atoms with Gasteiger partial charge in [0.05, 0.1) is 6.61 Å². The molecule has 5 nitrogen and oxygen atoms in total. The minimum Gasteiger partial charge on any atom is -0.465 e. The van der Waals surface area contributed by atoms with Crippen LogP contribution in [-0.4, -0.2) is 22.7 Å². The van der Waals surface area contributed by atoms with Gasteiger partial charge in [0, 0.05) is 10.0 Å². The summed E-state index contributed by atoms with van der Waals surface area (Å²) in [4.78, 5) is 16.3. The van der Waals surface area contributed by atoms with Crippen molar-refractivity contribution in [1.82, 2.24) is 10.1 Å². The van der Waals surface area contributed by atoms with Gasteiger partial charge in [0.1, 0.15) is 11.2 Å². The van der Waals surface area contributed by atoms with Gasteiger partial charge in [0.25, 0.3) is 0 Å². The van der Waals surface area contributed by atoms with Gasteiger partial charge < -0.3 is 9.26 Å². The smallest absolute Gasteiger partial charge is 0.321 e. The molecule has 0 unspecified atom stereocenters. The molecule has 0 bridgehead atoms. The number of aromatic nitrogens is 2. The number of carbonyl (C=O) groups excluding carboxylic acids is 1. The predicted molar refractivity (Wildman–Crippen MR) is 74.9 cm³/mol. The normalized spacial score (nSPS) is 15.8. The van der Waals surface area contributed by atoms with Crippen LogP contribution < -0.4 is 0 Å². The highest BCUT2D eigenvalue weighted by atomic mass is 79.9. The number of hydrogen-bond acceptors (Lipinski definition) is 5. The highest BCUT2D eigenvalue weighted by molar-refractivity contribution is 9.10. The fourth-order valence-electron chi connectivity index (χ4n) is 2.10. The number of nitrogens with zero attached hydrogens (tertiary/aromatic N) is 2. The summed E-state index contributed by atoms with van der Waals surface area (Å²) in [7, 11) is 0. The molecule has 7 heteroatoms. The number of rotatable bonds is 4. The molecule has 0 N–H and O–H groups in total. The topological polar surface area (TPSA) is 65.2 Å². The Balaban J connectivity index is 1.92. The molecule has 110 valence electrons. The van der Waals surface area contributed by atoms with Crippen LogP contribution in [0.5, 0.6) is 0 Å². The number of benzene rings is 1. The zero-order valence-corrected chi connectivity index (χ0v) is 12.8. The third-order valence-corrected chi connectivity index (χ3v) is 4.08. The number of esters is 1. The molecule has 2 aromatic rings. The standard InChI is InChI=1S/C14H12BrFN2O3/c1-2-20-13(19)14(5-6-14)12-17-11(18-21-12)9-4-3-8(16)7-10(9)15/h3-4,7H,2,5-6H2,1H3. The molecule has 21 heavy (non-hydrogen) atoms. The van der Waals surface area contributed by atoms with Crippen molar-refractivity contribution in [3.8, 4) is 11.4 Å². The zero-order chi connectivity index (χ0) is 15.0. The molecule has 1 aliphatic carbocycles. The van der Waals surface area contributed by atoms with Gasteiger partial charge in [-0.2, -0.15) is 4.98 Å². The molecule has 0 atom stereocenters. The van der Waals surface area contributed by atoms with Crippen LogP contribution in [0.15, 0.2) is 27.2 Å². The van der Waals surface area contributed by atoms with Crippen LogP contribution in [0.4, 0.5) is 4.39 Å². The molecule has 0 saturated heterocycles. The van der Waals surface area contributed by atoms with Crippen molar-refractivity contribution < 1.29 is 18.4 Å². The van der Waals surface area contributed by atoms with Gasteiger partial charge in [0.15, 0.2) is 0 Å².